The van der Waals surface area contributed by atoms with Crippen LogP contribution in [0, 0.1) is 10.1 Å². The molecule has 0 saturated carbocycles. The summed E-state index contributed by atoms with van der Waals surface area (Å²) in [7, 11) is 1.47. The normalized spacial score (nSPS) is 17.8. The van der Waals surface area contributed by atoms with Gasteiger partial charge in [0.15, 0.2) is 12.4 Å². The molecule has 1 saturated heterocycles. The Hall–Kier alpha value is -2.82. The Morgan fingerprint density at radius 2 is 2.12 bits per heavy atom. The molecule has 0 spiro atoms. The van der Waals surface area contributed by atoms with E-state index in [1.165, 1.54) is 36.2 Å². The smallest absolute Gasteiger partial charge is 0.415 e. The maximum atomic E-state index is 12.2. The lowest BCUT2D eigenvalue weighted by molar-refractivity contribution is -0.384. The number of nitrogens with zero attached hydrogens (tertiary/aromatic N) is 3. The monoisotopic (exact) mass is 382 g/mol. The molecule has 26 heavy (non-hydrogen) atoms. The molecule has 1 aromatic carbocycles. The predicted molar refractivity (Wildman–Crippen MR) is 94.8 cm³/mol. The Balaban J connectivity index is 1.92. The minimum Gasteiger partial charge on any atom is -0.444 e. The summed E-state index contributed by atoms with van der Waals surface area (Å²) in [5, 5.41) is 16.7. The molecule has 10 nitrogen and oxygen atoms in total. The van der Waals surface area contributed by atoms with Gasteiger partial charge in [-0.05, 0) is 17.7 Å². The summed E-state index contributed by atoms with van der Waals surface area (Å²) in [5.41, 5.74) is 0.570. The zero-order valence-corrected chi connectivity index (χ0v) is 14.8. The maximum absolute atomic E-state index is 12.2. The lowest BCUT2D eigenvalue weighted by Gasteiger charge is -2.16. The van der Waals surface area contributed by atoms with Gasteiger partial charge in [-0.3, -0.25) is 19.8 Å². The molecule has 1 heterocycles. The number of amides is 2. The second kappa shape index (κ2) is 9.04. The van der Waals surface area contributed by atoms with E-state index in [9.17, 15) is 19.7 Å². The van der Waals surface area contributed by atoms with Crippen molar-refractivity contribution in [2.75, 3.05) is 20.2 Å². The van der Waals surface area contributed by atoms with Gasteiger partial charge in [-0.2, -0.15) is 12.6 Å². The van der Waals surface area contributed by atoms with Crippen molar-refractivity contribution >= 4 is 36.2 Å². The van der Waals surface area contributed by atoms with Crippen molar-refractivity contribution in [2.24, 2.45) is 5.16 Å². The Morgan fingerprint density at radius 1 is 1.42 bits per heavy atom. The van der Waals surface area contributed by atoms with Gasteiger partial charge in [-0.25, -0.2) is 4.79 Å². The minimum absolute atomic E-state index is 0.0415. The first-order valence-corrected chi connectivity index (χ1v) is 8.17. The summed E-state index contributed by atoms with van der Waals surface area (Å²) in [4.78, 5) is 39.7. The minimum atomic E-state index is -0.637. The van der Waals surface area contributed by atoms with E-state index in [2.05, 4.69) is 23.1 Å². The maximum Gasteiger partial charge on any atom is 0.415 e. The quantitative estimate of drug-likeness (QED) is 0.434. The summed E-state index contributed by atoms with van der Waals surface area (Å²) in [6, 6.07) is 5.70. The number of carbonyl (C=O) groups is 2. The first-order valence-electron chi connectivity index (χ1n) is 7.65. The van der Waals surface area contributed by atoms with Gasteiger partial charge in [0.1, 0.15) is 6.61 Å². The molecule has 1 aromatic rings. The fourth-order valence-corrected chi connectivity index (χ4v) is 2.47. The van der Waals surface area contributed by atoms with E-state index in [1.807, 2.05) is 0 Å². The van der Waals surface area contributed by atoms with Crippen LogP contribution in [0.2, 0.25) is 0 Å². The van der Waals surface area contributed by atoms with Crippen molar-refractivity contribution in [1.29, 1.82) is 0 Å². The third kappa shape index (κ3) is 5.34. The molecule has 1 aliphatic rings. The number of likely N-dealkylation sites (tertiary alicyclic amines) is 1. The van der Waals surface area contributed by atoms with Crippen LogP contribution in [0.25, 0.3) is 0 Å². The van der Waals surface area contributed by atoms with Crippen LogP contribution in [0.1, 0.15) is 12.0 Å². The Bertz CT molecular complexity index is 709. The second-order valence-corrected chi connectivity index (χ2v) is 6.13. The number of nitro benzene ring substituents is 1. The third-order valence-corrected chi connectivity index (χ3v) is 3.84. The fraction of sp³-hybridized carbons (Fsp3) is 0.400. The Kier molecular flexibility index (Phi) is 6.78. The Morgan fingerprint density at radius 3 is 2.73 bits per heavy atom. The summed E-state index contributed by atoms with van der Waals surface area (Å²) >= 11 is 4.33. The molecule has 2 rings (SSSR count). The molecule has 2 amide bonds. The van der Waals surface area contributed by atoms with Gasteiger partial charge in [0.25, 0.3) is 11.6 Å². The van der Waals surface area contributed by atoms with Crippen LogP contribution in [0.5, 0.6) is 0 Å². The number of amidine groups is 1. The van der Waals surface area contributed by atoms with Crippen molar-refractivity contribution in [3.05, 3.63) is 39.9 Å². The van der Waals surface area contributed by atoms with Crippen molar-refractivity contribution in [2.45, 2.75) is 18.3 Å². The molecule has 11 heteroatoms. The molecule has 1 fully saturated rings. The number of oxime groups is 1. The van der Waals surface area contributed by atoms with Crippen LogP contribution in [0.4, 0.5) is 10.5 Å². The lowest BCUT2D eigenvalue weighted by atomic mass is 10.2. The average molecular weight is 382 g/mol. The van der Waals surface area contributed by atoms with Gasteiger partial charge < -0.3 is 14.9 Å². The predicted octanol–water partition coefficient (Wildman–Crippen LogP) is 1.31. The number of hydrogen-bond donors (Lipinski definition) is 2. The van der Waals surface area contributed by atoms with E-state index >= 15 is 0 Å². The van der Waals surface area contributed by atoms with E-state index in [0.29, 0.717) is 24.4 Å². The molecular weight excluding hydrogens is 364 g/mol. The van der Waals surface area contributed by atoms with E-state index in [-0.39, 0.29) is 30.1 Å². The van der Waals surface area contributed by atoms with Crippen LogP contribution >= 0.6 is 12.6 Å². The number of nitrogens with one attached hydrogen (secondary N) is 1. The van der Waals surface area contributed by atoms with Crippen LogP contribution in [-0.2, 0) is 21.0 Å². The van der Waals surface area contributed by atoms with Crippen LogP contribution in [0.3, 0.4) is 0 Å². The highest BCUT2D eigenvalue weighted by Gasteiger charge is 2.32. The number of likely N-dealkylation sites (N-methyl/N-ethyl adjacent to an activating group) is 1. The zero-order chi connectivity index (χ0) is 19.1. The van der Waals surface area contributed by atoms with E-state index < -0.39 is 11.0 Å². The number of nitro groups is 1. The number of hydrogen-bond acceptors (Lipinski definition) is 8. The second-order valence-electron chi connectivity index (χ2n) is 5.40. The van der Waals surface area contributed by atoms with Crippen molar-refractivity contribution in [3.8, 4) is 0 Å². The first kappa shape index (κ1) is 19.5. The molecule has 1 atom stereocenters. The van der Waals surface area contributed by atoms with Gasteiger partial charge in [0.2, 0.25) is 0 Å². The van der Waals surface area contributed by atoms with Crippen molar-refractivity contribution < 1.29 is 24.1 Å². The zero-order valence-electron chi connectivity index (χ0n) is 14.0. The van der Waals surface area contributed by atoms with E-state index in [1.54, 1.807) is 0 Å². The van der Waals surface area contributed by atoms with Crippen LogP contribution in [0.15, 0.2) is 29.4 Å². The van der Waals surface area contributed by atoms with E-state index in [0.717, 1.165) is 0 Å². The summed E-state index contributed by atoms with van der Waals surface area (Å²) in [6.07, 6.45) is -0.245. The number of non-ortho nitro benzene ring substituents is 1. The molecule has 0 unspecified atom stereocenters. The number of benzene rings is 1. The molecule has 0 radical (unpaired) electrons. The topological polar surface area (TPSA) is 123 Å². The average Bonchev–Trinajstić information content (AvgIpc) is 3.00. The highest BCUT2D eigenvalue weighted by atomic mass is 32.1. The number of carbonyl (C=O) groups excluding carboxylic acids is 2. The van der Waals surface area contributed by atoms with Gasteiger partial charge >= 0.3 is 6.09 Å². The number of rotatable bonds is 6. The summed E-state index contributed by atoms with van der Waals surface area (Å²) in [5.74, 6) is -0.0235. The van der Waals surface area contributed by atoms with Gasteiger partial charge in [0, 0.05) is 37.4 Å². The first-order chi connectivity index (χ1) is 12.4. The molecule has 1 aliphatic heterocycles. The van der Waals surface area contributed by atoms with Crippen LogP contribution < -0.4 is 5.32 Å². The van der Waals surface area contributed by atoms with E-state index in [4.69, 9.17) is 9.57 Å². The summed E-state index contributed by atoms with van der Waals surface area (Å²) in [6.45, 7) is -0.00968. The molecule has 0 aromatic heterocycles. The molecule has 0 bridgehead atoms. The fourth-order valence-electron chi connectivity index (χ4n) is 2.14. The highest BCUT2D eigenvalue weighted by Crippen LogP contribution is 2.19. The molecule has 1 N–H and O–H groups in total. The molecule has 140 valence electrons. The van der Waals surface area contributed by atoms with Gasteiger partial charge in [-0.1, -0.05) is 5.16 Å². The molecular formula is C15H18N4O6S. The standard InChI is InChI=1S/C15H18N4O6S/c1-16-14(20)9-25-17-13-6-12(26)7-18(13)15(21)24-8-10-2-4-11(5-3-10)19(22)23/h2-5,12,26H,6-9H2,1H3,(H,16,20)/b17-13+/t12-/m1/s1. The van der Waals surface area contributed by atoms with Crippen molar-refractivity contribution in [3.63, 3.8) is 0 Å². The lowest BCUT2D eigenvalue weighted by Crippen LogP contribution is -2.33. The Labute approximate surface area is 154 Å². The number of ether oxygens (including phenoxy) is 1. The molecule has 0 aliphatic carbocycles. The summed E-state index contributed by atoms with van der Waals surface area (Å²) < 4.78 is 5.21. The number of thiol groups is 1. The van der Waals surface area contributed by atoms with Crippen molar-refractivity contribution in [1.82, 2.24) is 10.2 Å². The third-order valence-electron chi connectivity index (χ3n) is 3.50. The highest BCUT2D eigenvalue weighted by molar-refractivity contribution is 7.81. The van der Waals surface area contributed by atoms with Gasteiger partial charge in [-0.15, -0.1) is 0 Å². The van der Waals surface area contributed by atoms with Crippen LogP contribution in [-0.4, -0.2) is 53.1 Å². The SMILES string of the molecule is CNC(=O)CO/N=C1\C[C@@H](S)CN1C(=O)OCc1ccc([N+](=O)[O-])cc1. The largest absolute Gasteiger partial charge is 0.444 e. The van der Waals surface area contributed by atoms with Gasteiger partial charge in [0.05, 0.1) is 4.92 Å².